The summed E-state index contributed by atoms with van der Waals surface area (Å²) in [5.41, 5.74) is -2.35. The highest BCUT2D eigenvalue weighted by atomic mass is 35.5. The number of rotatable bonds is 13. The number of aryl methyl sites for hydroxylation is 1. The molecule has 4 saturated heterocycles. The first kappa shape index (κ1) is 84.6. The summed E-state index contributed by atoms with van der Waals surface area (Å²) >= 11 is 6.19. The normalized spacial score (nSPS) is 28.0. The van der Waals surface area contributed by atoms with Crippen molar-refractivity contribution in [1.82, 2.24) is 60.0 Å². The van der Waals surface area contributed by atoms with E-state index in [1.165, 1.54) is 80.5 Å². The number of piperidine rings is 1. The highest BCUT2D eigenvalue weighted by Crippen LogP contribution is 2.39. The van der Waals surface area contributed by atoms with Crippen molar-refractivity contribution in [2.45, 2.75) is 281 Å². The molecule has 3 aliphatic carbocycles. The highest BCUT2D eigenvalue weighted by Gasteiger charge is 2.52. The third-order valence-electron chi connectivity index (χ3n) is 24.3. The molecule has 106 heavy (non-hydrogen) atoms. The molecule has 0 aromatic heterocycles. The van der Waals surface area contributed by atoms with E-state index in [1.807, 2.05) is 27.7 Å². The van der Waals surface area contributed by atoms with Gasteiger partial charge < -0.3 is 60.0 Å². The molecule has 4 heterocycles. The lowest BCUT2D eigenvalue weighted by Crippen LogP contribution is -2.65. The number of hydrogen-bond donors (Lipinski definition) is 3. The van der Waals surface area contributed by atoms with E-state index in [2.05, 4.69) is 16.0 Å². The minimum absolute atomic E-state index is 0.0228. The number of benzene rings is 1. The molecule has 7 aliphatic rings. The Morgan fingerprint density at radius 1 is 0.585 bits per heavy atom. The molecule has 24 nitrogen and oxygen atoms in total. The molecule has 10 atom stereocenters. The summed E-state index contributed by atoms with van der Waals surface area (Å²) in [5, 5.41) is 8.31. The number of alkyl halides is 3. The number of hydrogen-bond acceptors (Lipinski definition) is 12. The Morgan fingerprint density at radius 2 is 1.16 bits per heavy atom. The van der Waals surface area contributed by atoms with E-state index in [9.17, 15) is 18.0 Å². The minimum Gasteiger partial charge on any atom is -0.343 e. The number of nitrogens with zero attached hydrogens (tertiary/aromatic N) is 9. The quantitative estimate of drug-likeness (QED) is 0.170. The Balaban J connectivity index is 1.20. The molecule has 7 fully saturated rings. The monoisotopic (exact) mass is 1510 g/mol. The van der Waals surface area contributed by atoms with E-state index < -0.39 is 172 Å². The predicted octanol–water partition coefficient (Wildman–Crippen LogP) is 7.98. The molecular formula is C78H120ClF3N12O12. The molecule has 1 aromatic rings. The lowest BCUT2D eigenvalue weighted by molar-refractivity contribution is -0.161. The van der Waals surface area contributed by atoms with Crippen molar-refractivity contribution in [3.63, 3.8) is 0 Å². The maximum absolute atomic E-state index is 15.5. The van der Waals surface area contributed by atoms with Crippen LogP contribution in [-0.2, 0) is 70.1 Å². The van der Waals surface area contributed by atoms with Gasteiger partial charge in [-0.15, -0.1) is 0 Å². The zero-order valence-electron chi connectivity index (χ0n) is 64.9. The molecular weight excluding hydrogens is 1390 g/mol. The molecule has 8 rings (SSSR count). The summed E-state index contributed by atoms with van der Waals surface area (Å²) in [6, 6.07) is -7.72. The molecule has 12 amide bonds. The van der Waals surface area contributed by atoms with E-state index in [4.69, 9.17) is 11.6 Å². The van der Waals surface area contributed by atoms with Crippen molar-refractivity contribution < 1.29 is 70.7 Å². The van der Waals surface area contributed by atoms with Crippen LogP contribution in [0.1, 0.15) is 220 Å². The van der Waals surface area contributed by atoms with Crippen LogP contribution < -0.4 is 16.0 Å². The van der Waals surface area contributed by atoms with Crippen molar-refractivity contribution in [3.05, 3.63) is 34.3 Å². The highest BCUT2D eigenvalue weighted by molar-refractivity contribution is 6.31. The minimum atomic E-state index is -4.76. The van der Waals surface area contributed by atoms with Crippen LogP contribution >= 0.6 is 11.6 Å². The lowest BCUT2D eigenvalue weighted by atomic mass is 9.83. The molecule has 3 saturated carbocycles. The summed E-state index contributed by atoms with van der Waals surface area (Å²) in [7, 11) is 8.83. The number of nitrogens with one attached hydrogen (secondary N) is 3. The van der Waals surface area contributed by atoms with Crippen LogP contribution in [0.2, 0.25) is 5.02 Å². The Labute approximate surface area is 630 Å². The Kier molecular flexibility index (Phi) is 29.8. The molecule has 1 spiro atoms. The number of likely N-dealkylation sites (tertiary alicyclic amines) is 1. The van der Waals surface area contributed by atoms with Gasteiger partial charge in [-0.1, -0.05) is 143 Å². The van der Waals surface area contributed by atoms with Crippen molar-refractivity contribution in [3.8, 4) is 0 Å². The van der Waals surface area contributed by atoms with Gasteiger partial charge in [-0.25, -0.2) is 0 Å². The fourth-order valence-electron chi connectivity index (χ4n) is 17.4. The number of likely N-dealkylation sites (N-methyl/N-ethyl adjacent to an activating group) is 6. The Bertz CT molecular complexity index is 3320. The lowest BCUT2D eigenvalue weighted by Gasteiger charge is -2.46. The Hall–Kier alpha value is -7.06. The fraction of sp³-hybridized carbons (Fsp3) is 0.769. The number of carbonyl (C=O) groups is 12. The zero-order valence-corrected chi connectivity index (χ0v) is 65.6. The average Bonchev–Trinajstić information content (AvgIpc) is 1.44. The fourth-order valence-corrected chi connectivity index (χ4v) is 17.7. The van der Waals surface area contributed by atoms with Crippen molar-refractivity contribution in [1.29, 1.82) is 0 Å². The van der Waals surface area contributed by atoms with Gasteiger partial charge in [0.2, 0.25) is 70.9 Å². The van der Waals surface area contributed by atoms with Gasteiger partial charge in [-0.3, -0.25) is 57.5 Å². The molecule has 4 aliphatic heterocycles. The molecule has 0 bridgehead atoms. The van der Waals surface area contributed by atoms with Crippen molar-refractivity contribution >= 4 is 82.5 Å². The number of carbonyl (C=O) groups excluding carboxylic acids is 12. The molecule has 0 unspecified atom stereocenters. The van der Waals surface area contributed by atoms with E-state index in [1.54, 1.807) is 25.8 Å². The summed E-state index contributed by atoms with van der Waals surface area (Å²) in [6.45, 7) is 11.3. The molecule has 0 radical (unpaired) electrons. The second-order valence-electron chi connectivity index (χ2n) is 32.6. The van der Waals surface area contributed by atoms with Crippen LogP contribution in [0.5, 0.6) is 0 Å². The predicted molar refractivity (Wildman–Crippen MR) is 394 cm³/mol. The summed E-state index contributed by atoms with van der Waals surface area (Å²) < 4.78 is 41.8. The van der Waals surface area contributed by atoms with E-state index >= 15 is 52.7 Å². The average molecular weight is 1510 g/mol. The van der Waals surface area contributed by atoms with Crippen LogP contribution in [0.25, 0.3) is 0 Å². The standard InChI is InChI=1S/C78H120ClF3N12O12/c1-13-50(6)65-74(104)89(10)61(45-52-28-19-15-20-29-52)73(103)94-41-35-58(94)71(101)88(9)60(44-51-26-17-14-18-27-51)70(100)86(7)47-63(95)83-56(34-32-53-31-33-54(55(79)43-53)78(80,81)82)69(99)93-40-25-30-57(93)68(98)85-77(36-21-22-37-77)76(106)91(12)66(49(4)5)75(105)90(11)62(72(102)92-38-23-16-24-39-92)46-64(96)87(8)59(42-48(2)3)67(97)84-65/h31,33,43,48-52,56-62,65-66H,13-30,32,34-42,44-47H2,1-12H3,(H,83,95)(H,84,97)(H,85,98)/t50-,56-,57-,58-,59-,60-,61-,62-,65-,66-/m0/s1. The third kappa shape index (κ3) is 20.2. The first-order chi connectivity index (χ1) is 50.1. The number of amides is 12. The number of halogens is 4. The number of fused-ring (bicyclic) bond motifs is 2. The van der Waals surface area contributed by atoms with Gasteiger partial charge in [-0.2, -0.15) is 13.2 Å². The smallest absolute Gasteiger partial charge is 0.343 e. The van der Waals surface area contributed by atoms with Gasteiger partial charge in [0.15, 0.2) is 0 Å². The van der Waals surface area contributed by atoms with Crippen LogP contribution in [0.4, 0.5) is 13.2 Å². The topological polar surface area (TPSA) is 270 Å². The largest absolute Gasteiger partial charge is 0.417 e. The zero-order chi connectivity index (χ0) is 77.8. The summed E-state index contributed by atoms with van der Waals surface area (Å²) in [5.74, 6) is -8.55. The van der Waals surface area contributed by atoms with Crippen LogP contribution in [0.3, 0.4) is 0 Å². The summed E-state index contributed by atoms with van der Waals surface area (Å²) in [4.78, 5) is 195. The second kappa shape index (κ2) is 37.4. The first-order valence-electron chi connectivity index (χ1n) is 39.4. The van der Waals surface area contributed by atoms with E-state index in [0.717, 1.165) is 82.8 Å². The van der Waals surface area contributed by atoms with Crippen molar-refractivity contribution in [2.24, 2.45) is 29.6 Å². The van der Waals surface area contributed by atoms with E-state index in [-0.39, 0.29) is 88.6 Å². The molecule has 592 valence electrons. The van der Waals surface area contributed by atoms with Crippen molar-refractivity contribution in [2.75, 3.05) is 75.0 Å². The van der Waals surface area contributed by atoms with Gasteiger partial charge in [0.25, 0.3) is 0 Å². The Morgan fingerprint density at radius 3 is 1.71 bits per heavy atom. The van der Waals surface area contributed by atoms with Crippen LogP contribution in [0.15, 0.2) is 18.2 Å². The van der Waals surface area contributed by atoms with Gasteiger partial charge in [0, 0.05) is 68.5 Å². The SMILES string of the molecule is CC[C@H](C)[C@@H]1NC(=O)[C@H](CC(C)C)N(C)C(=O)C[C@@H](C(=O)N2CCCCC2)N(C)C(=O)[C@H](C(C)C)N(C)C(=O)C2(CCCC2)NC(=O)[C@@H]2CCCN2C(=O)[C@H](CCc2ccc(C(F)(F)F)c(Cl)c2)NC(=O)CN(C)C(=O)[C@H](CC2CCCCC2)N(C)C(=O)[C@@H]2CCN2C(=O)[C@H](CC2CCCCC2)N(C)C1=O. The van der Waals surface area contributed by atoms with Crippen LogP contribution in [0, 0.1) is 29.6 Å². The van der Waals surface area contributed by atoms with Crippen LogP contribution in [-0.4, -0.2) is 250 Å². The van der Waals surface area contributed by atoms with Gasteiger partial charge in [0.1, 0.15) is 59.9 Å². The maximum Gasteiger partial charge on any atom is 0.417 e. The maximum atomic E-state index is 15.5. The van der Waals surface area contributed by atoms with Gasteiger partial charge in [0.05, 0.1) is 23.6 Å². The van der Waals surface area contributed by atoms with Gasteiger partial charge >= 0.3 is 6.18 Å². The van der Waals surface area contributed by atoms with E-state index in [0.29, 0.717) is 57.2 Å². The summed E-state index contributed by atoms with van der Waals surface area (Å²) in [6.07, 6.45) is 8.64. The third-order valence-corrected chi connectivity index (χ3v) is 24.6. The van der Waals surface area contributed by atoms with Gasteiger partial charge in [-0.05, 0) is 131 Å². The molecule has 3 N–H and O–H groups in total. The second-order valence-corrected chi connectivity index (χ2v) is 33.0. The molecule has 28 heteroatoms. The molecule has 1 aromatic carbocycles. The first-order valence-corrected chi connectivity index (χ1v) is 39.7.